The molecule has 1 aliphatic heterocycles. The van der Waals surface area contributed by atoms with Gasteiger partial charge in [0.25, 0.3) is 11.6 Å². The van der Waals surface area contributed by atoms with Crippen LogP contribution in [-0.2, 0) is 4.74 Å². The minimum absolute atomic E-state index is 0.00720. The van der Waals surface area contributed by atoms with Crippen molar-refractivity contribution >= 4 is 28.9 Å². The zero-order chi connectivity index (χ0) is 21.0. The van der Waals surface area contributed by atoms with E-state index in [0.29, 0.717) is 5.69 Å². The molecule has 0 aliphatic carbocycles. The molecule has 2 aromatic carbocycles. The smallest absolute Gasteiger partial charge is 0.338 e. The zero-order valence-electron chi connectivity index (χ0n) is 16.3. The molecule has 1 fully saturated rings. The van der Waals surface area contributed by atoms with Crippen molar-refractivity contribution in [2.75, 3.05) is 50.6 Å². The summed E-state index contributed by atoms with van der Waals surface area (Å²) in [6.07, 6.45) is 0. The molecule has 0 spiro atoms. The third-order valence-electron chi connectivity index (χ3n) is 4.81. The van der Waals surface area contributed by atoms with E-state index in [0.717, 1.165) is 44.0 Å². The molecule has 0 saturated carbocycles. The van der Waals surface area contributed by atoms with Gasteiger partial charge in [0.2, 0.25) is 0 Å². The number of carbonyl (C=O) groups excluding carboxylic acids is 2. The molecule has 1 saturated heterocycles. The van der Waals surface area contributed by atoms with Crippen LogP contribution >= 0.6 is 0 Å². The molecule has 0 aromatic heterocycles. The van der Waals surface area contributed by atoms with Gasteiger partial charge in [0.1, 0.15) is 0 Å². The van der Waals surface area contributed by atoms with E-state index in [1.807, 2.05) is 18.2 Å². The first-order valence-electron chi connectivity index (χ1n) is 9.10. The molecule has 2 aromatic rings. The van der Waals surface area contributed by atoms with E-state index in [1.165, 1.54) is 13.2 Å². The van der Waals surface area contributed by atoms with Gasteiger partial charge in [-0.2, -0.15) is 0 Å². The van der Waals surface area contributed by atoms with E-state index in [9.17, 15) is 19.7 Å². The molecule has 1 aliphatic rings. The molecule has 29 heavy (non-hydrogen) atoms. The number of methoxy groups -OCH3 is 1. The van der Waals surface area contributed by atoms with Gasteiger partial charge in [-0.25, -0.2) is 4.79 Å². The Kier molecular flexibility index (Phi) is 6.08. The van der Waals surface area contributed by atoms with Crippen molar-refractivity contribution in [3.05, 3.63) is 63.7 Å². The van der Waals surface area contributed by atoms with Crippen LogP contribution in [-0.4, -0.2) is 62.0 Å². The van der Waals surface area contributed by atoms with E-state index in [2.05, 4.69) is 26.9 Å². The topological polar surface area (TPSA) is 105 Å². The summed E-state index contributed by atoms with van der Waals surface area (Å²) in [5.74, 6) is -1.29. The number of carbonyl (C=O) groups is 2. The summed E-state index contributed by atoms with van der Waals surface area (Å²) >= 11 is 0. The molecule has 0 radical (unpaired) electrons. The number of nitrogens with zero attached hydrogens (tertiary/aromatic N) is 3. The largest absolute Gasteiger partial charge is 0.465 e. The first kappa shape index (κ1) is 20.3. The molecule has 152 valence electrons. The highest BCUT2D eigenvalue weighted by molar-refractivity contribution is 6.07. The van der Waals surface area contributed by atoms with Crippen LogP contribution in [0.1, 0.15) is 20.7 Å². The number of hydrogen-bond acceptors (Lipinski definition) is 7. The van der Waals surface area contributed by atoms with Crippen molar-refractivity contribution in [1.29, 1.82) is 0 Å². The van der Waals surface area contributed by atoms with Crippen LogP contribution in [0.3, 0.4) is 0 Å². The lowest BCUT2D eigenvalue weighted by Crippen LogP contribution is -2.44. The number of esters is 1. The number of para-hydroxylation sites is 2. The van der Waals surface area contributed by atoms with Gasteiger partial charge in [-0.05, 0) is 25.2 Å². The number of rotatable bonds is 5. The van der Waals surface area contributed by atoms with Gasteiger partial charge in [-0.3, -0.25) is 14.9 Å². The second-order valence-corrected chi connectivity index (χ2v) is 6.78. The summed E-state index contributed by atoms with van der Waals surface area (Å²) in [4.78, 5) is 39.6. The molecule has 1 amide bonds. The molecule has 3 rings (SSSR count). The van der Waals surface area contributed by atoms with Crippen molar-refractivity contribution in [1.82, 2.24) is 4.90 Å². The number of nitrogens with one attached hydrogen (secondary N) is 1. The summed E-state index contributed by atoms with van der Waals surface area (Å²) in [6.45, 7) is 3.48. The average molecular weight is 398 g/mol. The van der Waals surface area contributed by atoms with E-state index in [4.69, 9.17) is 0 Å². The molecule has 0 bridgehead atoms. The Morgan fingerprint density at radius 3 is 2.38 bits per heavy atom. The first-order valence-corrected chi connectivity index (χ1v) is 9.10. The maximum absolute atomic E-state index is 12.8. The Balaban J connectivity index is 1.88. The molecule has 1 heterocycles. The standard InChI is InChI=1S/C20H22N4O5/c1-22-7-9-23(10-8-22)18-6-4-3-5-17(18)21-19(25)14-11-15(20(26)29-2)13-16(12-14)24(27)28/h3-6,11-13H,7-10H2,1-2H3,(H,21,25). The highest BCUT2D eigenvalue weighted by atomic mass is 16.6. The number of piperazine rings is 1. The number of non-ortho nitro benzene ring substituents is 1. The van der Waals surface area contributed by atoms with Gasteiger partial charge >= 0.3 is 5.97 Å². The van der Waals surface area contributed by atoms with Crippen LogP contribution in [0.25, 0.3) is 0 Å². The first-order chi connectivity index (χ1) is 13.9. The highest BCUT2D eigenvalue weighted by Crippen LogP contribution is 2.27. The Morgan fingerprint density at radius 1 is 1.07 bits per heavy atom. The minimum atomic E-state index is -0.749. The fraction of sp³-hybridized carbons (Fsp3) is 0.300. The predicted octanol–water partition coefficient (Wildman–Crippen LogP) is 2.39. The number of hydrogen-bond donors (Lipinski definition) is 1. The molecule has 0 atom stereocenters. The van der Waals surface area contributed by atoms with Gasteiger partial charge in [-0.1, -0.05) is 12.1 Å². The van der Waals surface area contributed by atoms with Crippen LogP contribution in [0.2, 0.25) is 0 Å². The summed E-state index contributed by atoms with van der Waals surface area (Å²) in [6, 6.07) is 10.9. The van der Waals surface area contributed by atoms with E-state index < -0.39 is 16.8 Å². The number of amides is 1. The van der Waals surface area contributed by atoms with Gasteiger partial charge in [-0.15, -0.1) is 0 Å². The average Bonchev–Trinajstić information content (AvgIpc) is 2.73. The summed E-state index contributed by atoms with van der Waals surface area (Å²) < 4.78 is 4.63. The second kappa shape index (κ2) is 8.70. The van der Waals surface area contributed by atoms with Crippen LogP contribution in [0, 0.1) is 10.1 Å². The summed E-state index contributed by atoms with van der Waals surface area (Å²) in [5.41, 5.74) is 1.08. The Morgan fingerprint density at radius 2 is 1.72 bits per heavy atom. The van der Waals surface area contributed by atoms with Crippen LogP contribution < -0.4 is 10.2 Å². The number of nitro groups is 1. The minimum Gasteiger partial charge on any atom is -0.465 e. The van der Waals surface area contributed by atoms with Crippen molar-refractivity contribution in [3.8, 4) is 0 Å². The molecular weight excluding hydrogens is 376 g/mol. The van der Waals surface area contributed by atoms with Crippen molar-refractivity contribution in [2.24, 2.45) is 0 Å². The Labute approximate surface area is 168 Å². The van der Waals surface area contributed by atoms with Gasteiger partial charge in [0.15, 0.2) is 0 Å². The molecule has 1 N–H and O–H groups in total. The lowest BCUT2D eigenvalue weighted by atomic mass is 10.1. The third-order valence-corrected chi connectivity index (χ3v) is 4.81. The monoisotopic (exact) mass is 398 g/mol. The van der Waals surface area contributed by atoms with Gasteiger partial charge in [0, 0.05) is 43.9 Å². The number of likely N-dealkylation sites (N-methyl/N-ethyl adjacent to an activating group) is 1. The second-order valence-electron chi connectivity index (χ2n) is 6.78. The fourth-order valence-corrected chi connectivity index (χ4v) is 3.18. The number of ether oxygens (including phenoxy) is 1. The van der Waals surface area contributed by atoms with Gasteiger partial charge in [0.05, 0.1) is 29.0 Å². The van der Waals surface area contributed by atoms with Crippen LogP contribution in [0.4, 0.5) is 17.1 Å². The molecule has 0 unspecified atom stereocenters. The number of anilines is 2. The lowest BCUT2D eigenvalue weighted by Gasteiger charge is -2.35. The highest BCUT2D eigenvalue weighted by Gasteiger charge is 2.21. The summed E-state index contributed by atoms with van der Waals surface area (Å²) in [5, 5.41) is 14.0. The van der Waals surface area contributed by atoms with Crippen molar-refractivity contribution in [2.45, 2.75) is 0 Å². The van der Waals surface area contributed by atoms with E-state index in [-0.39, 0.29) is 16.8 Å². The molecular formula is C20H22N4O5. The number of nitro benzene ring substituents is 1. The normalized spacial score (nSPS) is 14.3. The van der Waals surface area contributed by atoms with Gasteiger partial charge < -0.3 is 19.9 Å². The van der Waals surface area contributed by atoms with Crippen LogP contribution in [0.15, 0.2) is 42.5 Å². The van der Waals surface area contributed by atoms with E-state index >= 15 is 0 Å². The SMILES string of the molecule is COC(=O)c1cc(C(=O)Nc2ccccc2N2CCN(C)CC2)cc([N+](=O)[O-])c1. The quantitative estimate of drug-likeness (QED) is 0.468. The van der Waals surface area contributed by atoms with E-state index in [1.54, 1.807) is 6.07 Å². The third kappa shape index (κ3) is 4.69. The molecule has 9 heteroatoms. The zero-order valence-corrected chi connectivity index (χ0v) is 16.3. The lowest BCUT2D eigenvalue weighted by molar-refractivity contribution is -0.384. The Bertz CT molecular complexity index is 938. The number of benzene rings is 2. The molecule has 9 nitrogen and oxygen atoms in total. The van der Waals surface area contributed by atoms with Crippen molar-refractivity contribution < 1.29 is 19.2 Å². The maximum Gasteiger partial charge on any atom is 0.338 e. The van der Waals surface area contributed by atoms with Crippen molar-refractivity contribution in [3.63, 3.8) is 0 Å². The maximum atomic E-state index is 12.8. The van der Waals surface area contributed by atoms with Crippen LogP contribution in [0.5, 0.6) is 0 Å². The predicted molar refractivity (Wildman–Crippen MR) is 109 cm³/mol. The summed E-state index contributed by atoms with van der Waals surface area (Å²) in [7, 11) is 3.24. The fourth-order valence-electron chi connectivity index (χ4n) is 3.18. The Hall–Kier alpha value is -3.46.